The Hall–Kier alpha value is -19.1. The SMILES string of the molecule is c1ccc(-c2ccc(-c3ccc(-n4c5ccccc5c5cc(-c6ccc7c(c6)c6ccccc6n7-c6ccccc6)ccc54)cc3)cc2)cc1.c1ccc(-c2ccc(-c3cccc(-n4c5ccccc5c5cc(-c6ccc7c(c6)c6ccccc6n7-c6ccccc6)ccc54)c3)cc2)cc1.c1ccc(-c2cccc(-n3c4ccccc4c4cc(-c5ccc6c(c5)c5ccccc5n6-c5ccccc5)ccc43)c2)cc1. The van der Waals surface area contributed by atoms with E-state index >= 15 is 0 Å². The Balaban J connectivity index is 0.000000108. The molecule has 0 aliphatic heterocycles. The molecule has 0 fully saturated rings. The van der Waals surface area contributed by atoms with Crippen LogP contribution in [0.3, 0.4) is 0 Å². The molecule has 0 bridgehead atoms. The van der Waals surface area contributed by atoms with Gasteiger partial charge in [-0.25, -0.2) is 0 Å². The Kier molecular flexibility index (Phi) is 20.9. The van der Waals surface area contributed by atoms with Gasteiger partial charge in [-0.2, -0.15) is 0 Å². The average molecular weight is 1830 g/mol. The number of benzene rings is 23. The van der Waals surface area contributed by atoms with Gasteiger partial charge >= 0.3 is 0 Å². The van der Waals surface area contributed by atoms with Crippen LogP contribution >= 0.6 is 0 Å². The normalized spacial score (nSPS) is 11.6. The molecule has 6 nitrogen and oxygen atoms in total. The monoisotopic (exact) mass is 1830 g/mol. The Labute approximate surface area is 833 Å². The zero-order valence-electron chi connectivity index (χ0n) is 78.8. The van der Waals surface area contributed by atoms with Crippen molar-refractivity contribution >= 4 is 131 Å². The van der Waals surface area contributed by atoms with Gasteiger partial charge in [0.25, 0.3) is 0 Å². The van der Waals surface area contributed by atoms with Crippen LogP contribution in [0.4, 0.5) is 0 Å². The predicted octanol–water partition coefficient (Wildman–Crippen LogP) is 37.0. The van der Waals surface area contributed by atoms with Crippen molar-refractivity contribution in [2.45, 2.75) is 0 Å². The smallest absolute Gasteiger partial charge is 0.0541 e. The van der Waals surface area contributed by atoms with Crippen LogP contribution in [0, 0.1) is 0 Å². The molecule has 6 heterocycles. The highest BCUT2D eigenvalue weighted by Gasteiger charge is 2.23. The zero-order chi connectivity index (χ0) is 95.1. The molecule has 0 saturated heterocycles. The lowest BCUT2D eigenvalue weighted by atomic mass is 10.00. The molecule has 6 heteroatoms. The lowest BCUT2D eigenvalue weighted by Gasteiger charge is -2.11. The van der Waals surface area contributed by atoms with Gasteiger partial charge in [-0.05, 0) is 271 Å². The second kappa shape index (κ2) is 35.7. The standard InChI is InChI=1S/2C48H32N2.C42H28N2/c1-3-12-33(13-4-1)34-22-24-35(25-23-34)36-14-11-17-40(30-36)50-46-21-10-8-19-42(46)44-32-38(27-29-48(44)50)37-26-28-47-43(31-37)41-18-7-9-20-45(41)49(47)39-15-5-2-6-16-39;1-3-11-33(12-4-1)34-19-21-35(22-20-34)36-23-27-40(28-24-36)50-46-18-10-8-16-42(46)44-32-38(26-30-48(44)50)37-25-29-47-43(31-37)41-15-7-9-17-45(41)49(47)39-13-5-2-6-14-39;1-3-12-29(13-4-1)30-14-11-17-34(26-30)44-40-21-10-8-19-36(40)38-28-32(23-25-42(38)44)31-22-24-41-37(27-31)35-18-7-9-20-39(35)43(41)33-15-5-2-6-16-33/h2*1-32H;1-28H. The van der Waals surface area contributed by atoms with Crippen molar-refractivity contribution in [2.75, 3.05) is 0 Å². The number of nitrogens with zero attached hydrogens (tertiary/aromatic N) is 6. The van der Waals surface area contributed by atoms with Gasteiger partial charge in [0.1, 0.15) is 0 Å². The van der Waals surface area contributed by atoms with Gasteiger partial charge in [0, 0.05) is 98.8 Å². The highest BCUT2D eigenvalue weighted by Crippen LogP contribution is 2.46. The fourth-order valence-corrected chi connectivity index (χ4v) is 22.4. The number of aromatic nitrogens is 6. The first-order chi connectivity index (χ1) is 71.4. The van der Waals surface area contributed by atoms with Crippen molar-refractivity contribution in [2.24, 2.45) is 0 Å². The lowest BCUT2D eigenvalue weighted by molar-refractivity contribution is 1.18. The summed E-state index contributed by atoms with van der Waals surface area (Å²) in [7, 11) is 0. The summed E-state index contributed by atoms with van der Waals surface area (Å²) in [4.78, 5) is 0. The largest absolute Gasteiger partial charge is 0.309 e. The molecule has 6 aromatic heterocycles. The third-order valence-corrected chi connectivity index (χ3v) is 29.2. The maximum atomic E-state index is 2.41. The molecule has 0 aliphatic carbocycles. The molecule has 0 aliphatic rings. The van der Waals surface area contributed by atoms with Crippen LogP contribution in [0.25, 0.3) is 254 Å². The van der Waals surface area contributed by atoms with Gasteiger partial charge in [0.05, 0.1) is 66.2 Å². The minimum absolute atomic E-state index is 1.16. The third kappa shape index (κ3) is 14.8. The summed E-state index contributed by atoms with van der Waals surface area (Å²) >= 11 is 0. The minimum Gasteiger partial charge on any atom is -0.309 e. The van der Waals surface area contributed by atoms with Crippen molar-refractivity contribution in [1.29, 1.82) is 0 Å². The first kappa shape index (κ1) is 84.2. The highest BCUT2D eigenvalue weighted by atomic mass is 15.0. The molecule has 144 heavy (non-hydrogen) atoms. The van der Waals surface area contributed by atoms with E-state index in [1.54, 1.807) is 0 Å². The van der Waals surface area contributed by atoms with Crippen LogP contribution in [0.1, 0.15) is 0 Å². The topological polar surface area (TPSA) is 29.6 Å². The predicted molar refractivity (Wildman–Crippen MR) is 609 cm³/mol. The summed E-state index contributed by atoms with van der Waals surface area (Å²) in [6.07, 6.45) is 0. The molecule has 0 radical (unpaired) electrons. The van der Waals surface area contributed by atoms with Crippen LogP contribution in [0.2, 0.25) is 0 Å². The van der Waals surface area contributed by atoms with Crippen LogP contribution in [0.15, 0.2) is 558 Å². The molecular formula is C138H92N6. The molecule has 0 amide bonds. The Morgan fingerprint density at radius 2 is 0.215 bits per heavy atom. The number of hydrogen-bond acceptors (Lipinski definition) is 0. The van der Waals surface area contributed by atoms with Crippen molar-refractivity contribution in [1.82, 2.24) is 27.4 Å². The quantitative estimate of drug-likeness (QED) is 0.104. The molecule has 0 atom stereocenters. The molecular weight excluding hydrogens is 1740 g/mol. The number of para-hydroxylation sites is 9. The van der Waals surface area contributed by atoms with E-state index in [0.29, 0.717) is 0 Å². The van der Waals surface area contributed by atoms with Crippen molar-refractivity contribution in [3.05, 3.63) is 558 Å². The molecule has 0 N–H and O–H groups in total. The molecule has 0 unspecified atom stereocenters. The summed E-state index contributed by atoms with van der Waals surface area (Å²) < 4.78 is 14.3. The van der Waals surface area contributed by atoms with Crippen LogP contribution in [0.5, 0.6) is 0 Å². The van der Waals surface area contributed by atoms with E-state index in [9.17, 15) is 0 Å². The van der Waals surface area contributed by atoms with E-state index in [2.05, 4.69) is 586 Å². The Morgan fingerprint density at radius 3 is 0.451 bits per heavy atom. The van der Waals surface area contributed by atoms with Crippen molar-refractivity contribution in [3.8, 4) is 123 Å². The summed E-state index contributed by atoms with van der Waals surface area (Å²) in [6.45, 7) is 0. The molecule has 29 aromatic rings. The van der Waals surface area contributed by atoms with E-state index in [4.69, 9.17) is 0 Å². The Morgan fingerprint density at radius 1 is 0.0764 bits per heavy atom. The van der Waals surface area contributed by atoms with Crippen LogP contribution in [-0.4, -0.2) is 27.4 Å². The van der Waals surface area contributed by atoms with Gasteiger partial charge < -0.3 is 27.4 Å². The zero-order valence-corrected chi connectivity index (χ0v) is 78.8. The second-order valence-electron chi connectivity index (χ2n) is 37.4. The molecule has 0 saturated carbocycles. The average Bonchev–Trinajstić information content (AvgIpc) is 1.58. The molecule has 0 spiro atoms. The van der Waals surface area contributed by atoms with E-state index in [1.807, 2.05) is 0 Å². The fourth-order valence-electron chi connectivity index (χ4n) is 22.4. The molecule has 674 valence electrons. The van der Waals surface area contributed by atoms with Gasteiger partial charge in [-0.1, -0.05) is 376 Å². The van der Waals surface area contributed by atoms with Crippen LogP contribution < -0.4 is 0 Å². The summed E-state index contributed by atoms with van der Waals surface area (Å²) in [5.74, 6) is 0. The van der Waals surface area contributed by atoms with Crippen molar-refractivity contribution < 1.29 is 0 Å². The number of rotatable bonds is 14. The van der Waals surface area contributed by atoms with Crippen LogP contribution in [-0.2, 0) is 0 Å². The number of hydrogen-bond donors (Lipinski definition) is 0. The Bertz CT molecular complexity index is 9960. The third-order valence-electron chi connectivity index (χ3n) is 29.2. The van der Waals surface area contributed by atoms with E-state index in [-0.39, 0.29) is 0 Å². The fraction of sp³-hybridized carbons (Fsp3) is 0. The van der Waals surface area contributed by atoms with Gasteiger partial charge in [-0.3, -0.25) is 0 Å². The summed E-state index contributed by atoms with van der Waals surface area (Å²) in [5, 5.41) is 15.1. The van der Waals surface area contributed by atoms with E-state index in [1.165, 1.54) is 243 Å². The van der Waals surface area contributed by atoms with E-state index < -0.39 is 0 Å². The van der Waals surface area contributed by atoms with E-state index in [0.717, 1.165) is 11.4 Å². The van der Waals surface area contributed by atoms with Gasteiger partial charge in [0.2, 0.25) is 0 Å². The summed E-state index contributed by atoms with van der Waals surface area (Å²) in [6, 6.07) is 202. The summed E-state index contributed by atoms with van der Waals surface area (Å²) in [5.41, 5.74) is 41.1. The molecule has 29 rings (SSSR count). The van der Waals surface area contributed by atoms with Gasteiger partial charge in [-0.15, -0.1) is 0 Å². The maximum Gasteiger partial charge on any atom is 0.0541 e. The van der Waals surface area contributed by atoms with Crippen molar-refractivity contribution in [3.63, 3.8) is 0 Å². The molecule has 23 aromatic carbocycles. The minimum atomic E-state index is 1.16. The first-order valence-electron chi connectivity index (χ1n) is 49.5. The maximum absolute atomic E-state index is 2.41. The first-order valence-corrected chi connectivity index (χ1v) is 49.5. The lowest BCUT2D eigenvalue weighted by Crippen LogP contribution is -1.94. The highest BCUT2D eigenvalue weighted by molar-refractivity contribution is 6.17. The second-order valence-corrected chi connectivity index (χ2v) is 37.4. The van der Waals surface area contributed by atoms with Gasteiger partial charge in [0.15, 0.2) is 0 Å². The number of fused-ring (bicyclic) bond motifs is 18.